The molecule has 4 N–H and O–H groups in total. The van der Waals surface area contributed by atoms with Crippen LogP contribution in [0.3, 0.4) is 0 Å². The van der Waals surface area contributed by atoms with Crippen LogP contribution >= 0.6 is 0 Å². The number of aliphatic carboxylic acids is 1. The SMILES string of the molecule is CC(C)Cc1ccc(C(C)C(=O)OCC([NH3+])C(=O)O)cc1. The second-order valence-electron chi connectivity index (χ2n) is 5.73. The molecule has 0 heterocycles. The lowest BCUT2D eigenvalue weighted by Crippen LogP contribution is -2.67. The lowest BCUT2D eigenvalue weighted by molar-refractivity contribution is -0.412. The quantitative estimate of drug-likeness (QED) is 0.740. The Morgan fingerprint density at radius 2 is 1.76 bits per heavy atom. The van der Waals surface area contributed by atoms with E-state index in [0.29, 0.717) is 5.92 Å². The maximum atomic E-state index is 11.9. The van der Waals surface area contributed by atoms with Crippen LogP contribution in [0.15, 0.2) is 24.3 Å². The first-order valence-corrected chi connectivity index (χ1v) is 7.12. The average Bonchev–Trinajstić information content (AvgIpc) is 2.43. The van der Waals surface area contributed by atoms with Crippen LogP contribution in [0.25, 0.3) is 0 Å². The molecule has 0 saturated heterocycles. The predicted molar refractivity (Wildman–Crippen MR) is 78.7 cm³/mol. The Hall–Kier alpha value is -1.88. The summed E-state index contributed by atoms with van der Waals surface area (Å²) >= 11 is 0. The van der Waals surface area contributed by atoms with Gasteiger partial charge in [-0.3, -0.25) is 4.79 Å². The van der Waals surface area contributed by atoms with E-state index in [4.69, 9.17) is 9.84 Å². The summed E-state index contributed by atoms with van der Waals surface area (Å²) in [4.78, 5) is 22.5. The number of carboxylic acids is 1. The van der Waals surface area contributed by atoms with Crippen molar-refractivity contribution in [3.63, 3.8) is 0 Å². The van der Waals surface area contributed by atoms with Crippen LogP contribution < -0.4 is 5.73 Å². The van der Waals surface area contributed by atoms with E-state index in [2.05, 4.69) is 19.6 Å². The highest BCUT2D eigenvalue weighted by atomic mass is 16.5. The standard InChI is InChI=1S/C16H23NO4/c1-10(2)8-12-4-6-13(7-5-12)11(3)16(20)21-9-14(17)15(18)19/h4-7,10-11,14H,8-9,17H2,1-3H3,(H,18,19)/p+1. The Morgan fingerprint density at radius 3 is 2.24 bits per heavy atom. The van der Waals surface area contributed by atoms with Gasteiger partial charge < -0.3 is 15.6 Å². The topological polar surface area (TPSA) is 91.2 Å². The number of esters is 1. The second-order valence-corrected chi connectivity index (χ2v) is 5.73. The Balaban J connectivity index is 2.59. The Labute approximate surface area is 125 Å². The van der Waals surface area contributed by atoms with E-state index < -0.39 is 23.9 Å². The van der Waals surface area contributed by atoms with Crippen molar-refractivity contribution < 1.29 is 25.2 Å². The zero-order chi connectivity index (χ0) is 16.0. The number of hydrogen-bond acceptors (Lipinski definition) is 3. The molecule has 1 rings (SSSR count). The van der Waals surface area contributed by atoms with Gasteiger partial charge in [-0.2, -0.15) is 0 Å². The van der Waals surface area contributed by atoms with Crippen molar-refractivity contribution in [1.29, 1.82) is 0 Å². The van der Waals surface area contributed by atoms with Gasteiger partial charge in [0.05, 0.1) is 5.92 Å². The van der Waals surface area contributed by atoms with Crippen molar-refractivity contribution >= 4 is 11.9 Å². The van der Waals surface area contributed by atoms with E-state index in [1.807, 2.05) is 24.3 Å². The maximum absolute atomic E-state index is 11.9. The molecule has 0 saturated carbocycles. The molecule has 1 aromatic rings. The molecule has 0 fully saturated rings. The highest BCUT2D eigenvalue weighted by molar-refractivity contribution is 5.78. The van der Waals surface area contributed by atoms with Crippen LogP contribution in [0.5, 0.6) is 0 Å². The summed E-state index contributed by atoms with van der Waals surface area (Å²) < 4.78 is 4.99. The summed E-state index contributed by atoms with van der Waals surface area (Å²) in [6.07, 6.45) is 1.00. The minimum absolute atomic E-state index is 0.204. The first-order chi connectivity index (χ1) is 9.81. The normalized spacial score (nSPS) is 13.8. The lowest BCUT2D eigenvalue weighted by atomic mass is 9.97. The van der Waals surface area contributed by atoms with Gasteiger partial charge >= 0.3 is 11.9 Å². The maximum Gasteiger partial charge on any atom is 0.366 e. The van der Waals surface area contributed by atoms with E-state index in [1.54, 1.807) is 6.92 Å². The Kier molecular flexibility index (Phi) is 6.37. The molecule has 0 aliphatic rings. The summed E-state index contributed by atoms with van der Waals surface area (Å²) in [5.41, 5.74) is 5.50. The molecule has 0 amide bonds. The fraction of sp³-hybridized carbons (Fsp3) is 0.500. The molecule has 116 valence electrons. The molecule has 0 spiro atoms. The highest BCUT2D eigenvalue weighted by Gasteiger charge is 2.22. The molecular formula is C16H24NO4+. The third-order valence-corrected chi connectivity index (χ3v) is 3.25. The molecule has 0 bridgehead atoms. The minimum atomic E-state index is -1.08. The molecule has 0 radical (unpaired) electrons. The van der Waals surface area contributed by atoms with Crippen molar-refractivity contribution in [2.75, 3.05) is 6.61 Å². The van der Waals surface area contributed by atoms with Gasteiger partial charge in [-0.1, -0.05) is 38.1 Å². The van der Waals surface area contributed by atoms with Crippen molar-refractivity contribution in [3.8, 4) is 0 Å². The third-order valence-electron chi connectivity index (χ3n) is 3.25. The van der Waals surface area contributed by atoms with E-state index in [1.165, 1.54) is 5.56 Å². The first-order valence-electron chi connectivity index (χ1n) is 7.12. The molecule has 2 atom stereocenters. The largest absolute Gasteiger partial charge is 0.477 e. The zero-order valence-electron chi connectivity index (χ0n) is 12.8. The van der Waals surface area contributed by atoms with Gasteiger partial charge in [0.1, 0.15) is 0 Å². The molecule has 2 unspecified atom stereocenters. The fourth-order valence-corrected chi connectivity index (χ4v) is 1.93. The lowest BCUT2D eigenvalue weighted by Gasteiger charge is -2.13. The van der Waals surface area contributed by atoms with Crippen molar-refractivity contribution in [2.45, 2.75) is 39.2 Å². The minimum Gasteiger partial charge on any atom is -0.477 e. The van der Waals surface area contributed by atoms with E-state index in [-0.39, 0.29) is 6.61 Å². The monoisotopic (exact) mass is 294 g/mol. The van der Waals surface area contributed by atoms with Crippen molar-refractivity contribution in [1.82, 2.24) is 0 Å². The van der Waals surface area contributed by atoms with Gasteiger partial charge in [0, 0.05) is 0 Å². The van der Waals surface area contributed by atoms with Crippen LogP contribution in [0.4, 0.5) is 0 Å². The van der Waals surface area contributed by atoms with Gasteiger partial charge in [0.25, 0.3) is 0 Å². The van der Waals surface area contributed by atoms with Gasteiger partial charge in [0.2, 0.25) is 6.04 Å². The van der Waals surface area contributed by atoms with Crippen LogP contribution in [0.2, 0.25) is 0 Å². The van der Waals surface area contributed by atoms with Crippen LogP contribution in [-0.2, 0) is 20.7 Å². The van der Waals surface area contributed by atoms with Crippen LogP contribution in [0, 0.1) is 5.92 Å². The number of carbonyl (C=O) groups excluding carboxylic acids is 1. The van der Waals surface area contributed by atoms with Crippen molar-refractivity contribution in [3.05, 3.63) is 35.4 Å². The first kappa shape index (κ1) is 17.2. The number of quaternary nitrogens is 1. The van der Waals surface area contributed by atoms with E-state index in [0.717, 1.165) is 12.0 Å². The average molecular weight is 294 g/mol. The molecule has 0 aliphatic heterocycles. The number of rotatable bonds is 7. The summed E-state index contributed by atoms with van der Waals surface area (Å²) in [7, 11) is 0. The highest BCUT2D eigenvalue weighted by Crippen LogP contribution is 2.18. The number of hydrogen-bond donors (Lipinski definition) is 2. The number of benzene rings is 1. The molecular weight excluding hydrogens is 270 g/mol. The van der Waals surface area contributed by atoms with Crippen molar-refractivity contribution in [2.24, 2.45) is 5.92 Å². The predicted octanol–water partition coefficient (Wildman–Crippen LogP) is 1.23. The van der Waals surface area contributed by atoms with Gasteiger partial charge in [-0.15, -0.1) is 0 Å². The van der Waals surface area contributed by atoms with Crippen LogP contribution in [-0.4, -0.2) is 29.7 Å². The smallest absolute Gasteiger partial charge is 0.366 e. The fourth-order valence-electron chi connectivity index (χ4n) is 1.93. The number of carbonyl (C=O) groups is 2. The van der Waals surface area contributed by atoms with E-state index >= 15 is 0 Å². The Morgan fingerprint density at radius 1 is 1.19 bits per heavy atom. The van der Waals surface area contributed by atoms with Gasteiger partial charge in [0.15, 0.2) is 6.61 Å². The zero-order valence-corrected chi connectivity index (χ0v) is 12.8. The molecule has 0 aromatic heterocycles. The summed E-state index contributed by atoms with van der Waals surface area (Å²) in [5, 5.41) is 8.70. The summed E-state index contributed by atoms with van der Waals surface area (Å²) in [6.45, 7) is 5.86. The molecule has 21 heavy (non-hydrogen) atoms. The third kappa shape index (κ3) is 5.55. The second kappa shape index (κ2) is 7.78. The summed E-state index contributed by atoms with van der Waals surface area (Å²) in [5.74, 6) is -1.34. The molecule has 5 heteroatoms. The molecule has 1 aromatic carbocycles. The van der Waals surface area contributed by atoms with Gasteiger partial charge in [-0.25, -0.2) is 4.79 Å². The number of ether oxygens (including phenoxy) is 1. The molecule has 5 nitrogen and oxygen atoms in total. The molecule has 0 aliphatic carbocycles. The number of carboxylic acid groups (broad SMARTS) is 1. The Bertz CT molecular complexity index is 482. The van der Waals surface area contributed by atoms with Crippen LogP contribution in [0.1, 0.15) is 37.8 Å². The summed E-state index contributed by atoms with van der Waals surface area (Å²) in [6, 6.07) is 6.93. The van der Waals surface area contributed by atoms with Gasteiger partial charge in [-0.05, 0) is 30.4 Å². The van der Waals surface area contributed by atoms with E-state index in [9.17, 15) is 9.59 Å².